The van der Waals surface area contributed by atoms with Crippen molar-refractivity contribution in [1.29, 1.82) is 0 Å². The van der Waals surface area contributed by atoms with Crippen molar-refractivity contribution in [3.8, 4) is 0 Å². The highest BCUT2D eigenvalue weighted by atomic mass is 16.3. The molecule has 0 heterocycles. The van der Waals surface area contributed by atoms with Gasteiger partial charge in [-0.1, -0.05) is 30.3 Å². The van der Waals surface area contributed by atoms with Crippen molar-refractivity contribution >= 4 is 0 Å². The summed E-state index contributed by atoms with van der Waals surface area (Å²) >= 11 is 0. The van der Waals surface area contributed by atoms with Gasteiger partial charge in [0, 0.05) is 13.0 Å². The molecule has 1 aromatic carbocycles. The molecule has 0 spiro atoms. The van der Waals surface area contributed by atoms with Gasteiger partial charge in [0.1, 0.15) is 5.72 Å². The van der Waals surface area contributed by atoms with Crippen LogP contribution in [0, 0.1) is 0 Å². The minimum absolute atomic E-state index is 0.123. The second kappa shape index (κ2) is 3.67. The molecule has 3 nitrogen and oxygen atoms in total. The summed E-state index contributed by atoms with van der Waals surface area (Å²) in [6.45, 7) is -0.123. The summed E-state index contributed by atoms with van der Waals surface area (Å²) in [6.07, 6.45) is 0.150. The predicted molar refractivity (Wildman–Crippen MR) is 46.2 cm³/mol. The Bertz CT molecular complexity index is 234. The molecule has 0 fully saturated rings. The SMILES string of the molecule is N[C@](O)(CCO)c1ccccc1. The lowest BCUT2D eigenvalue weighted by Crippen LogP contribution is -2.37. The number of benzene rings is 1. The number of hydrogen-bond acceptors (Lipinski definition) is 3. The van der Waals surface area contributed by atoms with E-state index in [1.54, 1.807) is 24.3 Å². The molecule has 1 atom stereocenters. The van der Waals surface area contributed by atoms with Crippen LogP contribution in [0.1, 0.15) is 12.0 Å². The number of hydrogen-bond donors (Lipinski definition) is 3. The molecular formula is C9H13NO2. The Kier molecular flexibility index (Phi) is 2.81. The van der Waals surface area contributed by atoms with Crippen LogP contribution < -0.4 is 5.73 Å². The van der Waals surface area contributed by atoms with Gasteiger partial charge < -0.3 is 10.2 Å². The third kappa shape index (κ3) is 2.04. The van der Waals surface area contributed by atoms with Gasteiger partial charge in [-0.15, -0.1) is 0 Å². The minimum atomic E-state index is -1.41. The molecule has 0 aromatic heterocycles. The molecule has 4 N–H and O–H groups in total. The summed E-state index contributed by atoms with van der Waals surface area (Å²) in [5.41, 5.74) is 4.76. The van der Waals surface area contributed by atoms with Crippen molar-refractivity contribution in [3.63, 3.8) is 0 Å². The van der Waals surface area contributed by atoms with Gasteiger partial charge in [-0.2, -0.15) is 0 Å². The molecule has 0 aliphatic rings. The number of nitrogens with two attached hydrogens (primary N) is 1. The first-order valence-electron chi connectivity index (χ1n) is 3.84. The lowest BCUT2D eigenvalue weighted by Gasteiger charge is -2.22. The van der Waals surface area contributed by atoms with Gasteiger partial charge in [0.15, 0.2) is 0 Å². The first kappa shape index (κ1) is 9.19. The highest BCUT2D eigenvalue weighted by molar-refractivity contribution is 5.20. The second-order valence-corrected chi connectivity index (χ2v) is 2.76. The third-order valence-electron chi connectivity index (χ3n) is 1.77. The molecule has 0 aliphatic carbocycles. The van der Waals surface area contributed by atoms with Crippen molar-refractivity contribution in [2.24, 2.45) is 5.73 Å². The zero-order chi connectivity index (χ0) is 9.03. The van der Waals surface area contributed by atoms with E-state index in [1.165, 1.54) is 0 Å². The summed E-state index contributed by atoms with van der Waals surface area (Å²) in [7, 11) is 0. The van der Waals surface area contributed by atoms with Gasteiger partial charge in [0.25, 0.3) is 0 Å². The normalized spacial score (nSPS) is 15.6. The first-order chi connectivity index (χ1) is 5.67. The average Bonchev–Trinajstić information content (AvgIpc) is 2.06. The van der Waals surface area contributed by atoms with Crippen LogP contribution in [0.3, 0.4) is 0 Å². The lowest BCUT2D eigenvalue weighted by atomic mass is 10.0. The van der Waals surface area contributed by atoms with E-state index in [1.807, 2.05) is 6.07 Å². The van der Waals surface area contributed by atoms with Crippen molar-refractivity contribution in [2.45, 2.75) is 12.1 Å². The quantitative estimate of drug-likeness (QED) is 0.562. The topological polar surface area (TPSA) is 66.5 Å². The third-order valence-corrected chi connectivity index (χ3v) is 1.77. The van der Waals surface area contributed by atoms with Gasteiger partial charge in [0.05, 0.1) is 0 Å². The average molecular weight is 167 g/mol. The molecule has 0 aliphatic heterocycles. The molecule has 0 amide bonds. The highest BCUT2D eigenvalue weighted by Gasteiger charge is 2.21. The summed E-state index contributed by atoms with van der Waals surface area (Å²) in [5.74, 6) is 0. The van der Waals surface area contributed by atoms with Crippen LogP contribution in [0.4, 0.5) is 0 Å². The Morgan fingerprint density at radius 2 is 1.83 bits per heavy atom. The molecule has 1 aromatic rings. The van der Waals surface area contributed by atoms with E-state index in [0.29, 0.717) is 5.56 Å². The predicted octanol–water partition coefficient (Wildman–Crippen LogP) is 0.173. The van der Waals surface area contributed by atoms with Gasteiger partial charge in [-0.05, 0) is 5.56 Å². The molecule has 66 valence electrons. The smallest absolute Gasteiger partial charge is 0.141 e. The molecule has 0 saturated carbocycles. The zero-order valence-corrected chi connectivity index (χ0v) is 6.77. The lowest BCUT2D eigenvalue weighted by molar-refractivity contribution is 0.0176. The summed E-state index contributed by atoms with van der Waals surface area (Å²) in [5, 5.41) is 18.2. The highest BCUT2D eigenvalue weighted by Crippen LogP contribution is 2.17. The fourth-order valence-corrected chi connectivity index (χ4v) is 1.04. The molecular weight excluding hydrogens is 154 g/mol. The number of aliphatic hydroxyl groups is 2. The molecule has 0 radical (unpaired) electrons. The number of aliphatic hydroxyl groups excluding tert-OH is 1. The van der Waals surface area contributed by atoms with Crippen molar-refractivity contribution in [1.82, 2.24) is 0 Å². The van der Waals surface area contributed by atoms with E-state index in [9.17, 15) is 5.11 Å². The molecule has 3 heteroatoms. The summed E-state index contributed by atoms with van der Waals surface area (Å²) in [6, 6.07) is 8.90. The zero-order valence-electron chi connectivity index (χ0n) is 6.77. The monoisotopic (exact) mass is 167 g/mol. The Balaban J connectivity index is 2.82. The van der Waals surface area contributed by atoms with E-state index in [2.05, 4.69) is 0 Å². The van der Waals surface area contributed by atoms with E-state index >= 15 is 0 Å². The van der Waals surface area contributed by atoms with Crippen LogP contribution in [-0.2, 0) is 5.72 Å². The Morgan fingerprint density at radius 3 is 2.33 bits per heavy atom. The summed E-state index contributed by atoms with van der Waals surface area (Å²) < 4.78 is 0. The standard InChI is InChI=1S/C9H13NO2/c10-9(12,6-7-11)8-4-2-1-3-5-8/h1-5,11-12H,6-7,10H2/t9-/m0/s1. The van der Waals surface area contributed by atoms with E-state index in [4.69, 9.17) is 10.8 Å². The molecule has 0 bridgehead atoms. The largest absolute Gasteiger partial charge is 0.396 e. The van der Waals surface area contributed by atoms with Crippen LogP contribution in [0.25, 0.3) is 0 Å². The Hall–Kier alpha value is -0.900. The van der Waals surface area contributed by atoms with Crippen LogP contribution in [0.15, 0.2) is 30.3 Å². The minimum Gasteiger partial charge on any atom is -0.396 e. The van der Waals surface area contributed by atoms with Crippen molar-refractivity contribution in [3.05, 3.63) is 35.9 Å². The second-order valence-electron chi connectivity index (χ2n) is 2.76. The van der Waals surface area contributed by atoms with Crippen LogP contribution >= 0.6 is 0 Å². The van der Waals surface area contributed by atoms with Gasteiger partial charge in [-0.3, -0.25) is 5.73 Å². The van der Waals surface area contributed by atoms with E-state index in [-0.39, 0.29) is 13.0 Å². The van der Waals surface area contributed by atoms with Crippen LogP contribution in [0.2, 0.25) is 0 Å². The van der Waals surface area contributed by atoms with E-state index < -0.39 is 5.72 Å². The van der Waals surface area contributed by atoms with Crippen molar-refractivity contribution < 1.29 is 10.2 Å². The fourth-order valence-electron chi connectivity index (χ4n) is 1.04. The maximum Gasteiger partial charge on any atom is 0.141 e. The maximum atomic E-state index is 9.60. The van der Waals surface area contributed by atoms with E-state index in [0.717, 1.165) is 0 Å². The summed E-state index contributed by atoms with van der Waals surface area (Å²) in [4.78, 5) is 0. The van der Waals surface area contributed by atoms with Gasteiger partial charge in [-0.25, -0.2) is 0 Å². The van der Waals surface area contributed by atoms with Crippen molar-refractivity contribution in [2.75, 3.05) is 6.61 Å². The Labute approximate surface area is 71.5 Å². The van der Waals surface area contributed by atoms with Gasteiger partial charge >= 0.3 is 0 Å². The molecule has 1 rings (SSSR count). The van der Waals surface area contributed by atoms with Gasteiger partial charge in [0.2, 0.25) is 0 Å². The Morgan fingerprint density at radius 1 is 1.25 bits per heavy atom. The van der Waals surface area contributed by atoms with Crippen LogP contribution in [0.5, 0.6) is 0 Å². The maximum absolute atomic E-state index is 9.60. The van der Waals surface area contributed by atoms with Crippen LogP contribution in [-0.4, -0.2) is 16.8 Å². The molecule has 12 heavy (non-hydrogen) atoms. The number of rotatable bonds is 3. The molecule has 0 saturated heterocycles. The fraction of sp³-hybridized carbons (Fsp3) is 0.333. The molecule has 0 unspecified atom stereocenters. The first-order valence-corrected chi connectivity index (χ1v) is 3.84.